The molecule has 0 spiro atoms. The van der Waals surface area contributed by atoms with Gasteiger partial charge in [0, 0.05) is 18.1 Å². The van der Waals surface area contributed by atoms with Crippen molar-refractivity contribution in [1.82, 2.24) is 0 Å². The quantitative estimate of drug-likeness (QED) is 0.319. The van der Waals surface area contributed by atoms with E-state index in [1.807, 2.05) is 30.3 Å². The molecule has 0 aromatic heterocycles. The molecule has 0 fully saturated rings. The maximum Gasteiger partial charge on any atom is 0.316 e. The molecule has 1 atom stereocenters. The third-order valence-electron chi connectivity index (χ3n) is 3.99. The van der Waals surface area contributed by atoms with Crippen LogP contribution in [0.4, 0.5) is 5.69 Å². The Bertz CT molecular complexity index is 757. The molecule has 0 amide bonds. The highest BCUT2D eigenvalue weighted by Crippen LogP contribution is 2.23. The molecular weight excluding hydrogens is 322 g/mol. The topological polar surface area (TPSA) is 86.5 Å². The van der Waals surface area contributed by atoms with Gasteiger partial charge in [-0.3, -0.25) is 19.7 Å². The standard InChI is InChI=1S/C19H19NO5/c1-25-19(22)16(13-15-9-5-6-10-17(15)20(23)24)18(21)12-11-14-7-3-2-4-8-14/h2-10,16H,11-13H2,1H3. The Hall–Kier alpha value is -3.02. The molecule has 0 aliphatic rings. The van der Waals surface area contributed by atoms with Crippen LogP contribution in [0.5, 0.6) is 0 Å². The van der Waals surface area contributed by atoms with Gasteiger partial charge in [-0.2, -0.15) is 0 Å². The number of carbonyl (C=O) groups is 2. The SMILES string of the molecule is COC(=O)C(Cc1ccccc1[N+](=O)[O-])C(=O)CCc1ccccc1. The molecular formula is C19H19NO5. The number of hydrogen-bond acceptors (Lipinski definition) is 5. The molecule has 0 saturated carbocycles. The van der Waals surface area contributed by atoms with Crippen molar-refractivity contribution in [2.75, 3.05) is 7.11 Å². The van der Waals surface area contributed by atoms with Gasteiger partial charge in [-0.25, -0.2) is 0 Å². The van der Waals surface area contributed by atoms with Crippen molar-refractivity contribution < 1.29 is 19.2 Å². The van der Waals surface area contributed by atoms with E-state index in [4.69, 9.17) is 4.74 Å². The van der Waals surface area contributed by atoms with Crippen LogP contribution < -0.4 is 0 Å². The number of hydrogen-bond donors (Lipinski definition) is 0. The lowest BCUT2D eigenvalue weighted by Crippen LogP contribution is -2.28. The van der Waals surface area contributed by atoms with E-state index in [1.165, 1.54) is 13.2 Å². The van der Waals surface area contributed by atoms with E-state index in [2.05, 4.69) is 0 Å². The maximum atomic E-state index is 12.5. The van der Waals surface area contributed by atoms with Gasteiger partial charge in [0.15, 0.2) is 0 Å². The molecule has 2 rings (SSSR count). The summed E-state index contributed by atoms with van der Waals surface area (Å²) in [6.45, 7) is 0. The number of nitro groups is 1. The zero-order chi connectivity index (χ0) is 18.2. The molecule has 0 saturated heterocycles. The average molecular weight is 341 g/mol. The number of nitro benzene ring substituents is 1. The molecule has 0 N–H and O–H groups in total. The maximum absolute atomic E-state index is 12.5. The molecule has 0 aliphatic carbocycles. The molecule has 0 aliphatic heterocycles. The summed E-state index contributed by atoms with van der Waals surface area (Å²) >= 11 is 0. The Kier molecular flexibility index (Phi) is 6.39. The van der Waals surface area contributed by atoms with Crippen LogP contribution in [-0.4, -0.2) is 23.8 Å². The Morgan fingerprint density at radius 1 is 1.08 bits per heavy atom. The summed E-state index contributed by atoms with van der Waals surface area (Å²) in [5.41, 5.74) is 1.23. The van der Waals surface area contributed by atoms with Gasteiger partial charge in [0.2, 0.25) is 0 Å². The number of benzene rings is 2. The van der Waals surface area contributed by atoms with Gasteiger partial charge >= 0.3 is 5.97 Å². The van der Waals surface area contributed by atoms with Gasteiger partial charge in [0.05, 0.1) is 12.0 Å². The fourth-order valence-electron chi connectivity index (χ4n) is 2.64. The van der Waals surface area contributed by atoms with Gasteiger partial charge < -0.3 is 4.74 Å². The minimum atomic E-state index is -1.05. The van der Waals surface area contributed by atoms with E-state index in [-0.39, 0.29) is 24.3 Å². The van der Waals surface area contributed by atoms with E-state index in [1.54, 1.807) is 18.2 Å². The van der Waals surface area contributed by atoms with E-state index in [0.717, 1.165) is 5.56 Å². The predicted octanol–water partition coefficient (Wildman–Crippen LogP) is 3.13. The van der Waals surface area contributed by atoms with Crippen LogP contribution in [-0.2, 0) is 27.2 Å². The number of ether oxygens (including phenoxy) is 1. The number of para-hydroxylation sites is 1. The second-order valence-corrected chi connectivity index (χ2v) is 5.62. The van der Waals surface area contributed by atoms with Gasteiger partial charge in [0.1, 0.15) is 11.7 Å². The van der Waals surface area contributed by atoms with Gasteiger partial charge in [0.25, 0.3) is 5.69 Å². The number of carbonyl (C=O) groups excluding carboxylic acids is 2. The molecule has 0 radical (unpaired) electrons. The molecule has 0 bridgehead atoms. The second-order valence-electron chi connectivity index (χ2n) is 5.62. The molecule has 6 nitrogen and oxygen atoms in total. The van der Waals surface area contributed by atoms with Crippen LogP contribution in [0.1, 0.15) is 17.5 Å². The Morgan fingerprint density at radius 3 is 2.36 bits per heavy atom. The molecule has 6 heteroatoms. The highest BCUT2D eigenvalue weighted by atomic mass is 16.6. The highest BCUT2D eigenvalue weighted by molar-refractivity contribution is 5.99. The Morgan fingerprint density at radius 2 is 1.72 bits per heavy atom. The Balaban J connectivity index is 2.15. The second kappa shape index (κ2) is 8.73. The lowest BCUT2D eigenvalue weighted by Gasteiger charge is -2.14. The average Bonchev–Trinajstić information content (AvgIpc) is 2.64. The monoisotopic (exact) mass is 341 g/mol. The summed E-state index contributed by atoms with van der Waals surface area (Å²) in [7, 11) is 1.21. The van der Waals surface area contributed by atoms with E-state index in [0.29, 0.717) is 12.0 Å². The third-order valence-corrected chi connectivity index (χ3v) is 3.99. The number of Topliss-reactive ketones (excluding diaryl/α,β-unsaturated/α-hetero) is 1. The normalized spacial score (nSPS) is 11.6. The van der Waals surface area contributed by atoms with E-state index >= 15 is 0 Å². The third kappa shape index (κ3) is 4.97. The van der Waals surface area contributed by atoms with Crippen LogP contribution in [0.3, 0.4) is 0 Å². The van der Waals surface area contributed by atoms with Crippen molar-refractivity contribution in [2.24, 2.45) is 5.92 Å². The lowest BCUT2D eigenvalue weighted by molar-refractivity contribution is -0.385. The summed E-state index contributed by atoms with van der Waals surface area (Å²) in [6.07, 6.45) is 0.631. The predicted molar refractivity (Wildman–Crippen MR) is 92.1 cm³/mol. The van der Waals surface area contributed by atoms with Crippen LogP contribution in [0.2, 0.25) is 0 Å². The van der Waals surface area contributed by atoms with Crippen molar-refractivity contribution in [3.8, 4) is 0 Å². The van der Waals surface area contributed by atoms with Gasteiger partial charge in [-0.1, -0.05) is 48.5 Å². The first-order valence-electron chi connectivity index (χ1n) is 7.89. The van der Waals surface area contributed by atoms with Crippen molar-refractivity contribution in [3.63, 3.8) is 0 Å². The largest absolute Gasteiger partial charge is 0.468 e. The summed E-state index contributed by atoms with van der Waals surface area (Å²) in [4.78, 5) is 35.2. The molecule has 2 aromatic rings. The fraction of sp³-hybridized carbons (Fsp3) is 0.263. The molecule has 1 unspecified atom stereocenters. The Labute approximate surface area is 145 Å². The summed E-state index contributed by atoms with van der Waals surface area (Å²) in [6, 6.07) is 15.6. The van der Waals surface area contributed by atoms with Gasteiger partial charge in [-0.15, -0.1) is 0 Å². The zero-order valence-corrected chi connectivity index (χ0v) is 13.9. The first-order chi connectivity index (χ1) is 12.0. The summed E-state index contributed by atoms with van der Waals surface area (Å²) in [5, 5.41) is 11.1. The van der Waals surface area contributed by atoms with Crippen LogP contribution >= 0.6 is 0 Å². The van der Waals surface area contributed by atoms with Gasteiger partial charge in [-0.05, 0) is 18.4 Å². The fourth-order valence-corrected chi connectivity index (χ4v) is 2.64. The van der Waals surface area contributed by atoms with Crippen molar-refractivity contribution in [3.05, 3.63) is 75.8 Å². The van der Waals surface area contributed by atoms with Crippen LogP contribution in [0, 0.1) is 16.0 Å². The van der Waals surface area contributed by atoms with E-state index in [9.17, 15) is 19.7 Å². The molecule has 25 heavy (non-hydrogen) atoms. The molecule has 130 valence electrons. The van der Waals surface area contributed by atoms with E-state index < -0.39 is 16.8 Å². The number of ketones is 1. The van der Waals surface area contributed by atoms with Crippen molar-refractivity contribution >= 4 is 17.4 Å². The number of aryl methyl sites for hydroxylation is 1. The number of esters is 1. The van der Waals surface area contributed by atoms with Crippen LogP contribution in [0.15, 0.2) is 54.6 Å². The first kappa shape index (κ1) is 18.3. The minimum Gasteiger partial charge on any atom is -0.468 e. The highest BCUT2D eigenvalue weighted by Gasteiger charge is 2.29. The number of nitrogens with zero attached hydrogens (tertiary/aromatic N) is 1. The summed E-state index contributed by atoms with van der Waals surface area (Å²) in [5.74, 6) is -2.00. The van der Waals surface area contributed by atoms with Crippen molar-refractivity contribution in [1.29, 1.82) is 0 Å². The lowest BCUT2D eigenvalue weighted by atomic mass is 9.91. The zero-order valence-electron chi connectivity index (χ0n) is 13.9. The van der Waals surface area contributed by atoms with Crippen LogP contribution in [0.25, 0.3) is 0 Å². The number of methoxy groups -OCH3 is 1. The number of rotatable bonds is 8. The minimum absolute atomic E-state index is 0.0442. The van der Waals surface area contributed by atoms with Crippen molar-refractivity contribution in [2.45, 2.75) is 19.3 Å². The smallest absolute Gasteiger partial charge is 0.316 e. The molecule has 0 heterocycles. The molecule has 2 aromatic carbocycles. The first-order valence-corrected chi connectivity index (χ1v) is 7.89. The summed E-state index contributed by atoms with van der Waals surface area (Å²) < 4.78 is 4.73.